The Morgan fingerprint density at radius 2 is 1.21 bits per heavy atom. The summed E-state index contributed by atoms with van der Waals surface area (Å²) in [7, 11) is 0. The lowest BCUT2D eigenvalue weighted by molar-refractivity contribution is -0.613. The smallest absolute Gasteiger partial charge is 0.306 e. The summed E-state index contributed by atoms with van der Waals surface area (Å²) in [5, 5.41) is 0. The second-order valence-electron chi connectivity index (χ2n) is 14.8. The molecule has 7 fully saturated rings. The number of esters is 2. The fourth-order valence-electron chi connectivity index (χ4n) is 10.9. The van der Waals surface area contributed by atoms with E-state index in [1.807, 2.05) is 0 Å². The monoisotopic (exact) mass is 600 g/mol. The lowest BCUT2D eigenvalue weighted by Crippen LogP contribution is -2.85. The molecule has 0 aromatic carbocycles. The van der Waals surface area contributed by atoms with Crippen LogP contribution >= 0.6 is 0 Å². The summed E-state index contributed by atoms with van der Waals surface area (Å²) in [5.74, 6) is 2.28. The Kier molecular flexibility index (Phi) is 8.88. The predicted molar refractivity (Wildman–Crippen MR) is 160 cm³/mol. The second-order valence-corrected chi connectivity index (χ2v) is 14.8. The molecule has 6 bridgehead atoms. The van der Waals surface area contributed by atoms with Crippen LogP contribution in [0.2, 0.25) is 0 Å². The Morgan fingerprint density at radius 3 is 1.72 bits per heavy atom. The molecule has 240 valence electrons. The summed E-state index contributed by atoms with van der Waals surface area (Å²) in [6.45, 7) is 13.5. The topological polar surface area (TPSA) is 89.5 Å². The van der Waals surface area contributed by atoms with Crippen molar-refractivity contribution in [1.82, 2.24) is 0 Å². The van der Waals surface area contributed by atoms with Crippen LogP contribution in [0.5, 0.6) is 0 Å². The molecule has 1 heterocycles. The average molecular weight is 601 g/mol. The van der Waals surface area contributed by atoms with E-state index >= 15 is 0 Å². The number of hydrogen-bond acceptors (Lipinski definition) is 8. The third kappa shape index (κ3) is 5.42. The summed E-state index contributed by atoms with van der Waals surface area (Å²) >= 11 is 0. The van der Waals surface area contributed by atoms with Crippen molar-refractivity contribution in [2.45, 2.75) is 120 Å². The Labute approximate surface area is 257 Å². The number of rotatable bonds is 14. The minimum Gasteiger partial charge on any atom is -0.463 e. The highest BCUT2D eigenvalue weighted by atomic mass is 17.3. The highest BCUT2D eigenvalue weighted by Crippen LogP contribution is 2.74. The van der Waals surface area contributed by atoms with Gasteiger partial charge in [-0.25, -0.2) is 9.78 Å². The van der Waals surface area contributed by atoms with Gasteiger partial charge >= 0.3 is 11.9 Å². The zero-order chi connectivity index (χ0) is 30.3. The van der Waals surface area contributed by atoms with E-state index in [0.717, 1.165) is 44.9 Å². The van der Waals surface area contributed by atoms with Gasteiger partial charge in [-0.1, -0.05) is 26.0 Å². The average Bonchev–Trinajstić information content (AvgIpc) is 2.94. The van der Waals surface area contributed by atoms with Crippen molar-refractivity contribution in [1.29, 1.82) is 0 Å². The van der Waals surface area contributed by atoms with Gasteiger partial charge < -0.3 is 18.9 Å². The van der Waals surface area contributed by atoms with Gasteiger partial charge in [-0.2, -0.15) is 0 Å². The van der Waals surface area contributed by atoms with Crippen LogP contribution in [0.1, 0.15) is 97.3 Å². The van der Waals surface area contributed by atoms with Crippen molar-refractivity contribution in [3.63, 3.8) is 0 Å². The van der Waals surface area contributed by atoms with Crippen LogP contribution in [0.25, 0.3) is 0 Å². The second kappa shape index (κ2) is 12.2. The van der Waals surface area contributed by atoms with Gasteiger partial charge in [0.1, 0.15) is 24.4 Å². The van der Waals surface area contributed by atoms with Gasteiger partial charge in [0.15, 0.2) is 0 Å². The summed E-state index contributed by atoms with van der Waals surface area (Å²) in [6, 6.07) is 0. The first kappa shape index (κ1) is 31.3. The van der Waals surface area contributed by atoms with E-state index in [-0.39, 0.29) is 34.3 Å². The highest BCUT2D eigenvalue weighted by molar-refractivity contribution is 5.69. The van der Waals surface area contributed by atoms with Gasteiger partial charge in [-0.05, 0) is 106 Å². The van der Waals surface area contributed by atoms with E-state index in [9.17, 15) is 9.59 Å². The van der Waals surface area contributed by atoms with Gasteiger partial charge in [-0.15, -0.1) is 13.2 Å². The summed E-state index contributed by atoms with van der Waals surface area (Å²) < 4.78 is 24.1. The molecule has 6 saturated carbocycles. The largest absolute Gasteiger partial charge is 0.463 e. The maximum absolute atomic E-state index is 12.0. The SMILES string of the molecule is C=CCCC(=O)OCCOC12CC(C)CC(C1)C1(OOC13C1CC4CC3CC(OCCOC(=O)CCC=C)(C4)C1)C(C)C2. The van der Waals surface area contributed by atoms with Gasteiger partial charge in [0, 0.05) is 12.8 Å². The molecule has 7 aliphatic rings. The first-order valence-corrected chi connectivity index (χ1v) is 16.9. The third-order valence-electron chi connectivity index (χ3n) is 11.9. The summed E-state index contributed by atoms with van der Waals surface area (Å²) in [5.41, 5.74) is -0.915. The maximum Gasteiger partial charge on any atom is 0.306 e. The van der Waals surface area contributed by atoms with Crippen LogP contribution in [-0.2, 0) is 38.3 Å². The van der Waals surface area contributed by atoms with Crippen molar-refractivity contribution < 1.29 is 38.3 Å². The maximum atomic E-state index is 12.0. The number of fused-ring (bicyclic) bond motifs is 3. The van der Waals surface area contributed by atoms with Crippen molar-refractivity contribution in [2.24, 2.45) is 35.5 Å². The van der Waals surface area contributed by atoms with E-state index in [2.05, 4.69) is 27.0 Å². The first-order valence-electron chi connectivity index (χ1n) is 16.9. The van der Waals surface area contributed by atoms with Crippen LogP contribution in [0, 0.1) is 35.5 Å². The number of hydrogen-bond donors (Lipinski definition) is 0. The molecule has 6 aliphatic carbocycles. The molecule has 7 unspecified atom stereocenters. The molecule has 0 N–H and O–H groups in total. The van der Waals surface area contributed by atoms with Gasteiger partial charge in [-0.3, -0.25) is 9.59 Å². The van der Waals surface area contributed by atoms with Gasteiger partial charge in [0.05, 0.1) is 24.4 Å². The Hall–Kier alpha value is -1.74. The molecular formula is C35H52O8. The quantitative estimate of drug-likeness (QED) is 0.0998. The lowest BCUT2D eigenvalue weighted by Gasteiger charge is -2.76. The standard InChI is InChI=1S/C35H52O8/c1-5-7-9-30(36)38-11-13-40-32-18-24(3)15-27(21-32)34(25(4)19-32)35(43-42-34)28-16-26-17-29(35)23-33(20-26,22-28)41-14-12-39-31(37)10-8-6-2/h5-6,24-29H,1-2,7-23H2,3-4H3. The van der Waals surface area contributed by atoms with E-state index in [0.29, 0.717) is 87.6 Å². The summed E-state index contributed by atoms with van der Waals surface area (Å²) in [4.78, 5) is 36.9. The fourth-order valence-corrected chi connectivity index (χ4v) is 10.9. The molecule has 1 aliphatic heterocycles. The lowest BCUT2D eigenvalue weighted by atomic mass is 9.39. The highest BCUT2D eigenvalue weighted by Gasteiger charge is 2.81. The molecule has 7 atom stereocenters. The molecule has 2 spiro atoms. The van der Waals surface area contributed by atoms with Crippen molar-refractivity contribution in [3.05, 3.63) is 25.3 Å². The minimum atomic E-state index is -0.295. The fraction of sp³-hybridized carbons (Fsp3) is 0.829. The molecule has 1 saturated heterocycles. The van der Waals surface area contributed by atoms with Crippen LogP contribution in [0.4, 0.5) is 0 Å². The molecule has 0 aromatic rings. The molecular weight excluding hydrogens is 548 g/mol. The third-order valence-corrected chi connectivity index (χ3v) is 11.9. The molecule has 0 amide bonds. The van der Waals surface area contributed by atoms with Gasteiger partial charge in [0.2, 0.25) is 0 Å². The number of carbonyl (C=O) groups is 2. The van der Waals surface area contributed by atoms with E-state index in [4.69, 9.17) is 28.7 Å². The Balaban J connectivity index is 1.11. The van der Waals surface area contributed by atoms with Crippen LogP contribution in [-0.4, -0.2) is 60.8 Å². The van der Waals surface area contributed by atoms with Crippen LogP contribution in [0.15, 0.2) is 25.3 Å². The Bertz CT molecular complexity index is 1050. The zero-order valence-corrected chi connectivity index (χ0v) is 26.3. The predicted octanol–water partition coefficient (Wildman–Crippen LogP) is 6.27. The van der Waals surface area contributed by atoms with E-state index in [1.54, 1.807) is 12.2 Å². The first-order chi connectivity index (χ1) is 20.7. The number of ether oxygens (including phenoxy) is 4. The van der Waals surface area contributed by atoms with Crippen LogP contribution < -0.4 is 0 Å². The number of carbonyl (C=O) groups excluding carboxylic acids is 2. The van der Waals surface area contributed by atoms with Crippen molar-refractivity contribution in [2.75, 3.05) is 26.4 Å². The van der Waals surface area contributed by atoms with E-state index in [1.165, 1.54) is 12.8 Å². The normalized spacial score (nSPS) is 43.8. The van der Waals surface area contributed by atoms with Gasteiger partial charge in [0.25, 0.3) is 0 Å². The Morgan fingerprint density at radius 1 is 0.698 bits per heavy atom. The van der Waals surface area contributed by atoms with Crippen molar-refractivity contribution >= 4 is 11.9 Å². The minimum absolute atomic E-state index is 0.150. The molecule has 7 rings (SSSR count). The molecule has 8 heteroatoms. The summed E-state index contributed by atoms with van der Waals surface area (Å²) in [6.07, 6.45) is 15.0. The van der Waals surface area contributed by atoms with E-state index < -0.39 is 0 Å². The molecule has 43 heavy (non-hydrogen) atoms. The number of allylic oxidation sites excluding steroid dienone is 2. The molecule has 0 radical (unpaired) electrons. The van der Waals surface area contributed by atoms with Crippen LogP contribution in [0.3, 0.4) is 0 Å². The van der Waals surface area contributed by atoms with Crippen molar-refractivity contribution in [3.8, 4) is 0 Å². The molecule has 8 nitrogen and oxygen atoms in total. The zero-order valence-electron chi connectivity index (χ0n) is 26.3. The molecule has 0 aromatic heterocycles.